The van der Waals surface area contributed by atoms with Crippen molar-refractivity contribution in [3.63, 3.8) is 0 Å². The maximum Gasteiger partial charge on any atom is 0.421 e. The van der Waals surface area contributed by atoms with Crippen molar-refractivity contribution in [2.75, 3.05) is 24.5 Å². The molecule has 0 radical (unpaired) electrons. The zero-order valence-electron chi connectivity index (χ0n) is 19.6. The molecule has 3 aromatic carbocycles. The minimum Gasteiger partial charge on any atom is -0.376 e. The summed E-state index contributed by atoms with van der Waals surface area (Å²) in [5.41, 5.74) is -1.56. The summed E-state index contributed by atoms with van der Waals surface area (Å²) in [5.74, 6) is 0. The number of anilines is 1. The van der Waals surface area contributed by atoms with Gasteiger partial charge < -0.3 is 10.0 Å². The quantitative estimate of drug-likeness (QED) is 0.442. The van der Waals surface area contributed by atoms with Crippen molar-refractivity contribution < 1.29 is 26.7 Å². The second-order valence-electron chi connectivity index (χ2n) is 8.98. The zero-order chi connectivity index (χ0) is 26.1. The van der Waals surface area contributed by atoms with Crippen molar-refractivity contribution >= 4 is 28.3 Å². The average molecular weight is 537 g/mol. The van der Waals surface area contributed by atoms with Gasteiger partial charge in [0, 0.05) is 36.3 Å². The fourth-order valence-corrected chi connectivity index (χ4v) is 6.46. The van der Waals surface area contributed by atoms with Crippen molar-refractivity contribution in [1.29, 1.82) is 0 Å². The van der Waals surface area contributed by atoms with Crippen LogP contribution in [-0.2, 0) is 22.0 Å². The molecule has 0 aromatic heterocycles. The lowest BCUT2D eigenvalue weighted by Crippen LogP contribution is -2.55. The number of piperazine rings is 1. The third-order valence-corrected chi connectivity index (χ3v) is 9.02. The maximum atomic E-state index is 13.4. The molecule has 3 aromatic rings. The number of nitrogens with zero attached hydrogens (tertiary/aromatic N) is 2. The summed E-state index contributed by atoms with van der Waals surface area (Å²) in [6.45, 7) is 1.47. The highest BCUT2D eigenvalue weighted by atomic mass is 32.2. The first-order valence-corrected chi connectivity index (χ1v) is 13.3. The lowest BCUT2D eigenvalue weighted by Gasteiger charge is -2.42. The maximum absolute atomic E-state index is 13.4. The van der Waals surface area contributed by atoms with E-state index in [0.29, 0.717) is 23.5 Å². The summed E-state index contributed by atoms with van der Waals surface area (Å²) < 4.78 is 68.1. The Hall–Kier alpha value is -2.53. The number of hydrogen-bond donors (Lipinski definition) is 2. The predicted molar refractivity (Wildman–Crippen MR) is 136 cm³/mol. The van der Waals surface area contributed by atoms with Gasteiger partial charge in [0.1, 0.15) is 0 Å². The summed E-state index contributed by atoms with van der Waals surface area (Å²) in [5, 5.41) is 10.0. The summed E-state index contributed by atoms with van der Waals surface area (Å²) in [4.78, 5) is 2.52. The molecule has 4 rings (SSSR count). The van der Waals surface area contributed by atoms with E-state index >= 15 is 0 Å². The molecule has 0 spiro atoms. The van der Waals surface area contributed by atoms with Crippen LogP contribution < -0.4 is 4.90 Å². The minimum atomic E-state index is -4.81. The monoisotopic (exact) mass is 536 g/mol. The van der Waals surface area contributed by atoms with Crippen LogP contribution in [0.15, 0.2) is 88.7 Å². The van der Waals surface area contributed by atoms with Gasteiger partial charge in [0.25, 0.3) is 0 Å². The normalized spacial score (nSPS) is 19.2. The lowest BCUT2D eigenvalue weighted by molar-refractivity contribution is -0.258. The summed E-state index contributed by atoms with van der Waals surface area (Å²) in [7, 11) is -3.79. The van der Waals surface area contributed by atoms with Gasteiger partial charge in [-0.25, -0.2) is 8.42 Å². The number of alkyl halides is 3. The molecule has 10 heteroatoms. The standard InChI is InChI=1S/C26H27F3N2O3S2/c1-25(32,26(27,28)29)20-11-13-21(14-12-20)31-16-15-30(18-22(31)17-19-7-3-2-4-8-19)36(33,34)24-10-6-5-9-23(24)35/h2-14,22,32,35H,15-18H2,1H3/t22-,25-/m0/s1. The highest BCUT2D eigenvalue weighted by Gasteiger charge is 2.51. The van der Waals surface area contributed by atoms with Crippen molar-refractivity contribution in [3.8, 4) is 0 Å². The Kier molecular flexibility index (Phi) is 7.43. The summed E-state index contributed by atoms with van der Waals surface area (Å²) in [6, 6.07) is 21.5. The van der Waals surface area contributed by atoms with Gasteiger partial charge in [-0.15, -0.1) is 12.6 Å². The number of hydrogen-bond acceptors (Lipinski definition) is 5. The molecule has 0 saturated carbocycles. The van der Waals surface area contributed by atoms with E-state index in [4.69, 9.17) is 0 Å². The molecule has 1 fully saturated rings. The van der Waals surface area contributed by atoms with E-state index in [9.17, 15) is 26.7 Å². The van der Waals surface area contributed by atoms with E-state index in [1.807, 2.05) is 35.2 Å². The van der Waals surface area contributed by atoms with Gasteiger partial charge in [-0.2, -0.15) is 17.5 Å². The topological polar surface area (TPSA) is 60.9 Å². The third kappa shape index (κ3) is 5.27. The molecule has 1 heterocycles. The van der Waals surface area contributed by atoms with Crippen LogP contribution in [0, 0.1) is 0 Å². The molecule has 36 heavy (non-hydrogen) atoms. The number of benzene rings is 3. The van der Waals surface area contributed by atoms with E-state index in [1.54, 1.807) is 30.3 Å². The SMILES string of the molecule is C[C@](O)(c1ccc(N2CCN(S(=O)(=O)c3ccccc3S)C[C@@H]2Cc2ccccc2)cc1)C(F)(F)F. The van der Waals surface area contributed by atoms with Crippen LogP contribution in [0.25, 0.3) is 0 Å². The predicted octanol–water partition coefficient (Wildman–Crippen LogP) is 4.87. The molecule has 1 aliphatic rings. The smallest absolute Gasteiger partial charge is 0.376 e. The van der Waals surface area contributed by atoms with E-state index in [0.717, 1.165) is 12.5 Å². The van der Waals surface area contributed by atoms with Crippen molar-refractivity contribution in [2.45, 2.75) is 41.0 Å². The Morgan fingerprint density at radius 2 is 1.56 bits per heavy atom. The van der Waals surface area contributed by atoms with E-state index in [1.165, 1.54) is 22.5 Å². The second kappa shape index (κ2) is 10.1. The van der Waals surface area contributed by atoms with Gasteiger partial charge in [0.2, 0.25) is 10.0 Å². The fourth-order valence-electron chi connectivity index (χ4n) is 4.40. The van der Waals surface area contributed by atoms with Crippen LogP contribution in [0.4, 0.5) is 18.9 Å². The molecular formula is C26H27F3N2O3S2. The Balaban J connectivity index is 1.64. The van der Waals surface area contributed by atoms with Crippen LogP contribution in [0.3, 0.4) is 0 Å². The number of halogens is 3. The average Bonchev–Trinajstić information content (AvgIpc) is 2.84. The number of sulfonamides is 1. The van der Waals surface area contributed by atoms with Gasteiger partial charge in [-0.1, -0.05) is 54.6 Å². The first-order valence-electron chi connectivity index (χ1n) is 11.4. The molecule has 5 nitrogen and oxygen atoms in total. The Labute approximate surface area is 214 Å². The molecule has 0 aliphatic carbocycles. The highest BCUT2D eigenvalue weighted by molar-refractivity contribution is 7.90. The van der Waals surface area contributed by atoms with Crippen molar-refractivity contribution in [2.24, 2.45) is 0 Å². The van der Waals surface area contributed by atoms with Crippen LogP contribution in [-0.4, -0.2) is 49.7 Å². The van der Waals surface area contributed by atoms with E-state index in [2.05, 4.69) is 12.6 Å². The van der Waals surface area contributed by atoms with E-state index in [-0.39, 0.29) is 29.6 Å². The van der Waals surface area contributed by atoms with Gasteiger partial charge in [0.05, 0.1) is 4.90 Å². The summed E-state index contributed by atoms with van der Waals surface area (Å²) in [6.07, 6.45) is -4.27. The first-order chi connectivity index (χ1) is 16.9. The van der Waals surface area contributed by atoms with Gasteiger partial charge in [-0.05, 0) is 48.7 Å². The minimum absolute atomic E-state index is 0.138. The molecule has 192 valence electrons. The Bertz CT molecular complexity index is 1300. The number of rotatable bonds is 6. The molecule has 1 N–H and O–H groups in total. The van der Waals surface area contributed by atoms with Gasteiger partial charge in [-0.3, -0.25) is 0 Å². The fraction of sp³-hybridized carbons (Fsp3) is 0.308. The molecule has 2 atom stereocenters. The largest absolute Gasteiger partial charge is 0.421 e. The van der Waals surface area contributed by atoms with Crippen LogP contribution in [0.5, 0.6) is 0 Å². The second-order valence-corrected chi connectivity index (χ2v) is 11.4. The van der Waals surface area contributed by atoms with Gasteiger partial charge >= 0.3 is 6.18 Å². The van der Waals surface area contributed by atoms with Crippen molar-refractivity contribution in [1.82, 2.24) is 4.31 Å². The Morgan fingerprint density at radius 1 is 0.944 bits per heavy atom. The van der Waals surface area contributed by atoms with Crippen LogP contribution >= 0.6 is 12.6 Å². The highest BCUT2D eigenvalue weighted by Crippen LogP contribution is 2.39. The molecule has 1 saturated heterocycles. The van der Waals surface area contributed by atoms with E-state index < -0.39 is 21.8 Å². The molecule has 1 aliphatic heterocycles. The molecular weight excluding hydrogens is 509 g/mol. The van der Waals surface area contributed by atoms with Crippen molar-refractivity contribution in [3.05, 3.63) is 90.0 Å². The number of aliphatic hydroxyl groups is 1. The lowest BCUT2D eigenvalue weighted by atomic mass is 9.94. The third-order valence-electron chi connectivity index (χ3n) is 6.56. The number of thiol groups is 1. The van der Waals surface area contributed by atoms with Crippen LogP contribution in [0.2, 0.25) is 0 Å². The van der Waals surface area contributed by atoms with Gasteiger partial charge in [0.15, 0.2) is 5.60 Å². The first kappa shape index (κ1) is 26.5. The molecule has 0 unspecified atom stereocenters. The molecule has 0 bridgehead atoms. The summed E-state index contributed by atoms with van der Waals surface area (Å²) >= 11 is 4.32. The zero-order valence-corrected chi connectivity index (χ0v) is 21.3. The Morgan fingerprint density at radius 3 is 2.17 bits per heavy atom. The van der Waals surface area contributed by atoms with Crippen LogP contribution in [0.1, 0.15) is 18.1 Å². The molecule has 0 amide bonds.